The molecule has 2 aliphatic heterocycles. The van der Waals surface area contributed by atoms with Crippen molar-refractivity contribution in [1.82, 2.24) is 24.6 Å². The van der Waals surface area contributed by atoms with Gasteiger partial charge in [-0.1, -0.05) is 11.6 Å². The van der Waals surface area contributed by atoms with Crippen LogP contribution in [-0.2, 0) is 4.74 Å². The first-order valence-electron chi connectivity index (χ1n) is 10.3. The van der Waals surface area contributed by atoms with Gasteiger partial charge in [0, 0.05) is 31.3 Å². The van der Waals surface area contributed by atoms with Crippen molar-refractivity contribution in [3.8, 4) is 5.75 Å². The van der Waals surface area contributed by atoms with E-state index >= 15 is 0 Å². The topological polar surface area (TPSA) is 85.3 Å². The van der Waals surface area contributed by atoms with Crippen LogP contribution in [-0.4, -0.2) is 57.1 Å². The molecule has 8 nitrogen and oxygen atoms in total. The summed E-state index contributed by atoms with van der Waals surface area (Å²) in [6.45, 7) is 5.01. The monoisotopic (exact) mass is 429 g/mol. The predicted molar refractivity (Wildman–Crippen MR) is 113 cm³/mol. The highest BCUT2D eigenvalue weighted by molar-refractivity contribution is 6.30. The molecule has 1 atom stereocenters. The summed E-state index contributed by atoms with van der Waals surface area (Å²) in [4.78, 5) is 22.6. The normalized spacial score (nSPS) is 19.7. The van der Waals surface area contributed by atoms with Gasteiger partial charge < -0.3 is 14.5 Å². The van der Waals surface area contributed by atoms with Crippen molar-refractivity contribution < 1.29 is 9.47 Å². The number of likely N-dealkylation sites (tertiary alicyclic amines) is 1. The van der Waals surface area contributed by atoms with Gasteiger partial charge in [-0.2, -0.15) is 5.10 Å². The highest BCUT2D eigenvalue weighted by atomic mass is 35.5. The number of nitrogens with one attached hydrogen (secondary N) is 1. The molecule has 2 aliphatic rings. The summed E-state index contributed by atoms with van der Waals surface area (Å²) in [6.07, 6.45) is 3.49. The van der Waals surface area contributed by atoms with Crippen molar-refractivity contribution in [2.24, 2.45) is 0 Å². The van der Waals surface area contributed by atoms with Crippen molar-refractivity contribution in [1.29, 1.82) is 0 Å². The van der Waals surface area contributed by atoms with E-state index in [1.165, 1.54) is 0 Å². The van der Waals surface area contributed by atoms with Crippen molar-refractivity contribution in [2.45, 2.75) is 38.0 Å². The number of H-pyrrole nitrogens is 1. The third-order valence-electron chi connectivity index (χ3n) is 5.95. The fourth-order valence-corrected chi connectivity index (χ4v) is 4.21. The smallest absolute Gasteiger partial charge is 0.262 e. The van der Waals surface area contributed by atoms with Crippen LogP contribution in [0.5, 0.6) is 5.75 Å². The van der Waals surface area contributed by atoms with Crippen molar-refractivity contribution in [3.05, 3.63) is 51.7 Å². The molecule has 2 aromatic heterocycles. The lowest BCUT2D eigenvalue weighted by Crippen LogP contribution is -2.54. The van der Waals surface area contributed by atoms with Crippen molar-refractivity contribution in [2.75, 3.05) is 26.3 Å². The minimum absolute atomic E-state index is 0.0230. The summed E-state index contributed by atoms with van der Waals surface area (Å²) in [6, 6.07) is 7.58. The van der Waals surface area contributed by atoms with Crippen LogP contribution >= 0.6 is 11.6 Å². The average Bonchev–Trinajstić information content (AvgIpc) is 3.16. The fraction of sp³-hybridized carbons (Fsp3) is 0.476. The van der Waals surface area contributed by atoms with E-state index in [2.05, 4.69) is 21.9 Å². The molecule has 1 N–H and O–H groups in total. The molecular formula is C21H24ClN5O3. The summed E-state index contributed by atoms with van der Waals surface area (Å²) in [5, 5.41) is 5.68. The summed E-state index contributed by atoms with van der Waals surface area (Å²) in [7, 11) is 0. The first kappa shape index (κ1) is 19.5. The minimum atomic E-state index is -0.144. The Morgan fingerprint density at radius 1 is 1.23 bits per heavy atom. The fourth-order valence-electron chi connectivity index (χ4n) is 4.09. The number of fused-ring (bicyclic) bond motifs is 1. The molecular weight excluding hydrogens is 406 g/mol. The van der Waals surface area contributed by atoms with E-state index in [4.69, 9.17) is 26.1 Å². The number of nitrogens with zero attached hydrogens (tertiary/aromatic N) is 4. The summed E-state index contributed by atoms with van der Waals surface area (Å²) in [5.74, 6) is 1.47. The lowest BCUT2D eigenvalue weighted by molar-refractivity contribution is -0.00735. The number of rotatable bonds is 5. The predicted octanol–water partition coefficient (Wildman–Crippen LogP) is 2.95. The molecule has 0 amide bonds. The van der Waals surface area contributed by atoms with Gasteiger partial charge in [-0.15, -0.1) is 0 Å². The number of aromatic amines is 1. The van der Waals surface area contributed by atoms with Crippen molar-refractivity contribution in [3.63, 3.8) is 0 Å². The SMILES string of the molecule is CC(c1nc2c(cnn2C2CCOCC2)c(=O)[nH]1)N1CC(Oc2ccc(Cl)cc2)C1. The van der Waals surface area contributed by atoms with E-state index in [9.17, 15) is 4.79 Å². The number of benzene rings is 1. The van der Waals surface area contributed by atoms with Crippen molar-refractivity contribution >= 4 is 22.6 Å². The number of aromatic nitrogens is 4. The molecule has 1 unspecified atom stereocenters. The molecule has 158 valence electrons. The largest absolute Gasteiger partial charge is 0.488 e. The molecule has 0 bridgehead atoms. The zero-order valence-corrected chi connectivity index (χ0v) is 17.5. The molecule has 1 aromatic carbocycles. The van der Waals surface area contributed by atoms with Gasteiger partial charge in [0.15, 0.2) is 5.65 Å². The lowest BCUT2D eigenvalue weighted by atomic mass is 10.1. The van der Waals surface area contributed by atoms with E-state index in [1.807, 2.05) is 28.9 Å². The van der Waals surface area contributed by atoms with Gasteiger partial charge in [0.05, 0.1) is 18.3 Å². The maximum atomic E-state index is 12.6. The van der Waals surface area contributed by atoms with Crippen LogP contribution in [0, 0.1) is 0 Å². The van der Waals surface area contributed by atoms with Crippen LogP contribution in [0.3, 0.4) is 0 Å². The zero-order valence-electron chi connectivity index (χ0n) is 16.8. The van der Waals surface area contributed by atoms with Crippen LogP contribution in [0.2, 0.25) is 5.02 Å². The molecule has 2 saturated heterocycles. The molecule has 3 aromatic rings. The standard InChI is InChI=1S/C21H24ClN5O3/c1-13(26-11-17(12-26)30-16-4-2-14(22)3-5-16)19-24-20-18(21(28)25-19)10-23-27(20)15-6-8-29-9-7-15/h2-5,10,13,15,17H,6-9,11-12H2,1H3,(H,24,25,28). The Hall–Kier alpha value is -2.42. The number of ether oxygens (including phenoxy) is 2. The Morgan fingerprint density at radius 3 is 2.70 bits per heavy atom. The quantitative estimate of drug-likeness (QED) is 0.671. The second kappa shape index (κ2) is 8.02. The maximum absolute atomic E-state index is 12.6. The highest BCUT2D eigenvalue weighted by Crippen LogP contribution is 2.28. The van der Waals surface area contributed by atoms with Gasteiger partial charge in [-0.3, -0.25) is 9.69 Å². The first-order valence-corrected chi connectivity index (χ1v) is 10.7. The second-order valence-electron chi connectivity index (χ2n) is 7.94. The van der Waals surface area contributed by atoms with Gasteiger partial charge in [-0.25, -0.2) is 9.67 Å². The maximum Gasteiger partial charge on any atom is 0.262 e. The third-order valence-corrected chi connectivity index (χ3v) is 6.21. The Bertz CT molecular complexity index is 1080. The van der Waals surface area contributed by atoms with Crippen LogP contribution in [0.4, 0.5) is 0 Å². The second-order valence-corrected chi connectivity index (χ2v) is 8.38. The Kier molecular flexibility index (Phi) is 5.22. The number of hydrogen-bond donors (Lipinski definition) is 1. The molecule has 4 heterocycles. The molecule has 5 rings (SSSR count). The van der Waals surface area contributed by atoms with Gasteiger partial charge in [0.2, 0.25) is 0 Å². The van der Waals surface area contributed by atoms with Crippen LogP contribution < -0.4 is 10.3 Å². The van der Waals surface area contributed by atoms with Gasteiger partial charge in [-0.05, 0) is 44.0 Å². The van der Waals surface area contributed by atoms with E-state index in [-0.39, 0.29) is 23.7 Å². The highest BCUT2D eigenvalue weighted by Gasteiger charge is 2.34. The van der Waals surface area contributed by atoms with E-state index in [0.29, 0.717) is 35.1 Å². The van der Waals surface area contributed by atoms with E-state index < -0.39 is 0 Å². The Balaban J connectivity index is 1.31. The molecule has 2 fully saturated rings. The van der Waals surface area contributed by atoms with Crippen LogP contribution in [0.15, 0.2) is 35.3 Å². The first-order chi connectivity index (χ1) is 14.6. The van der Waals surface area contributed by atoms with E-state index in [0.717, 1.165) is 31.7 Å². The Morgan fingerprint density at radius 2 is 1.97 bits per heavy atom. The third kappa shape index (κ3) is 3.71. The summed E-state index contributed by atoms with van der Waals surface area (Å²) < 4.78 is 13.3. The van der Waals surface area contributed by atoms with Gasteiger partial charge >= 0.3 is 0 Å². The Labute approximate surface area is 178 Å². The molecule has 30 heavy (non-hydrogen) atoms. The molecule has 0 saturated carbocycles. The molecule has 0 radical (unpaired) electrons. The summed E-state index contributed by atoms with van der Waals surface area (Å²) >= 11 is 5.92. The average molecular weight is 430 g/mol. The minimum Gasteiger partial charge on any atom is -0.488 e. The van der Waals surface area contributed by atoms with Crippen LogP contribution in [0.25, 0.3) is 11.0 Å². The molecule has 0 aliphatic carbocycles. The van der Waals surface area contributed by atoms with Gasteiger partial charge in [0.25, 0.3) is 5.56 Å². The molecule has 9 heteroatoms. The molecule has 0 spiro atoms. The van der Waals surface area contributed by atoms with Crippen LogP contribution in [0.1, 0.15) is 37.7 Å². The number of hydrogen-bond acceptors (Lipinski definition) is 6. The lowest BCUT2D eigenvalue weighted by Gasteiger charge is -2.42. The van der Waals surface area contributed by atoms with E-state index in [1.54, 1.807) is 6.20 Å². The van der Waals surface area contributed by atoms with Gasteiger partial charge in [0.1, 0.15) is 23.1 Å². The summed E-state index contributed by atoms with van der Waals surface area (Å²) in [5.41, 5.74) is 0.511. The number of halogens is 1. The zero-order chi connectivity index (χ0) is 20.7.